The Labute approximate surface area is 155 Å². The molecule has 0 unspecified atom stereocenters. The van der Waals surface area contributed by atoms with Gasteiger partial charge in [0, 0.05) is 31.2 Å². The van der Waals surface area contributed by atoms with Crippen LogP contribution in [0.15, 0.2) is 22.7 Å². The number of piperazine rings is 1. The number of benzene rings is 1. The van der Waals surface area contributed by atoms with E-state index in [4.69, 9.17) is 27.7 Å². The van der Waals surface area contributed by atoms with E-state index < -0.39 is 0 Å². The second-order valence-corrected chi connectivity index (χ2v) is 6.75. The molecule has 25 heavy (non-hydrogen) atoms. The SMILES string of the molecule is Cc1noc(C)c1C(=O)N1CCN(C(=O)c2ccc(Cl)cc2Cl)CC1. The molecule has 0 radical (unpaired) electrons. The molecule has 1 aliphatic rings. The molecule has 0 spiro atoms. The molecule has 8 heteroatoms. The number of nitrogens with zero attached hydrogens (tertiary/aromatic N) is 3. The molecule has 1 fully saturated rings. The first-order valence-corrected chi connectivity index (χ1v) is 8.60. The van der Waals surface area contributed by atoms with E-state index in [1.165, 1.54) is 0 Å². The van der Waals surface area contributed by atoms with Gasteiger partial charge in [0.2, 0.25) is 0 Å². The highest BCUT2D eigenvalue weighted by molar-refractivity contribution is 6.36. The van der Waals surface area contributed by atoms with Crippen molar-refractivity contribution in [1.29, 1.82) is 0 Å². The zero-order valence-electron chi connectivity index (χ0n) is 13.9. The Bertz CT molecular complexity index is 807. The van der Waals surface area contributed by atoms with Gasteiger partial charge in [-0.25, -0.2) is 0 Å². The fraction of sp³-hybridized carbons (Fsp3) is 0.353. The summed E-state index contributed by atoms with van der Waals surface area (Å²) in [6.45, 7) is 5.22. The smallest absolute Gasteiger partial charge is 0.259 e. The third-order valence-electron chi connectivity index (χ3n) is 4.26. The third-order valence-corrected chi connectivity index (χ3v) is 4.81. The molecule has 0 saturated carbocycles. The number of hydrogen-bond acceptors (Lipinski definition) is 4. The van der Waals surface area contributed by atoms with Gasteiger partial charge >= 0.3 is 0 Å². The van der Waals surface area contributed by atoms with Crippen molar-refractivity contribution in [3.63, 3.8) is 0 Å². The van der Waals surface area contributed by atoms with Crippen molar-refractivity contribution in [3.05, 3.63) is 50.8 Å². The Balaban J connectivity index is 1.67. The van der Waals surface area contributed by atoms with Crippen LogP contribution >= 0.6 is 23.2 Å². The molecule has 2 aromatic rings. The van der Waals surface area contributed by atoms with Crippen LogP contribution in [0.1, 0.15) is 32.2 Å². The summed E-state index contributed by atoms with van der Waals surface area (Å²) in [6, 6.07) is 4.81. The normalized spacial score (nSPS) is 14.7. The van der Waals surface area contributed by atoms with Gasteiger partial charge in [-0.1, -0.05) is 28.4 Å². The minimum Gasteiger partial charge on any atom is -0.361 e. The standard InChI is InChI=1S/C17H17Cl2N3O3/c1-10-15(11(2)25-20-10)17(24)22-7-5-21(6-8-22)16(23)13-4-3-12(18)9-14(13)19/h3-4,9H,5-8H2,1-2H3. The second kappa shape index (κ2) is 7.06. The Morgan fingerprint density at radius 2 is 1.64 bits per heavy atom. The van der Waals surface area contributed by atoms with E-state index in [1.54, 1.807) is 41.8 Å². The predicted octanol–water partition coefficient (Wildman–Crippen LogP) is 3.20. The van der Waals surface area contributed by atoms with Crippen LogP contribution in [0.3, 0.4) is 0 Å². The molecule has 0 bridgehead atoms. The lowest BCUT2D eigenvalue weighted by atomic mass is 10.1. The van der Waals surface area contributed by atoms with Crippen molar-refractivity contribution < 1.29 is 14.1 Å². The predicted molar refractivity (Wildman–Crippen MR) is 94.2 cm³/mol. The van der Waals surface area contributed by atoms with Crippen molar-refractivity contribution in [3.8, 4) is 0 Å². The number of amides is 2. The maximum atomic E-state index is 12.6. The average molecular weight is 382 g/mol. The summed E-state index contributed by atoms with van der Waals surface area (Å²) in [4.78, 5) is 28.6. The van der Waals surface area contributed by atoms with E-state index in [-0.39, 0.29) is 11.8 Å². The van der Waals surface area contributed by atoms with Crippen LogP contribution in [-0.2, 0) is 0 Å². The Hall–Kier alpha value is -2.05. The number of aryl methyl sites for hydroxylation is 2. The molecular formula is C17H17Cl2N3O3. The van der Waals surface area contributed by atoms with Crippen LogP contribution < -0.4 is 0 Å². The first kappa shape index (κ1) is 17.8. The number of halogens is 2. The largest absolute Gasteiger partial charge is 0.361 e. The zero-order chi connectivity index (χ0) is 18.1. The summed E-state index contributed by atoms with van der Waals surface area (Å²) < 4.78 is 5.06. The van der Waals surface area contributed by atoms with Gasteiger partial charge in [0.15, 0.2) is 0 Å². The van der Waals surface area contributed by atoms with E-state index in [1.807, 2.05) is 0 Å². The van der Waals surface area contributed by atoms with Crippen LogP contribution in [0.2, 0.25) is 10.0 Å². The summed E-state index contributed by atoms with van der Waals surface area (Å²) in [5, 5.41) is 4.63. The number of hydrogen-bond donors (Lipinski definition) is 0. The summed E-state index contributed by atoms with van der Waals surface area (Å²) in [5.41, 5.74) is 1.49. The molecule has 1 aliphatic heterocycles. The second-order valence-electron chi connectivity index (χ2n) is 5.91. The van der Waals surface area contributed by atoms with E-state index in [9.17, 15) is 9.59 Å². The van der Waals surface area contributed by atoms with Crippen LogP contribution in [-0.4, -0.2) is 52.9 Å². The van der Waals surface area contributed by atoms with Gasteiger partial charge in [0.1, 0.15) is 11.3 Å². The Morgan fingerprint density at radius 1 is 1.04 bits per heavy atom. The van der Waals surface area contributed by atoms with Gasteiger partial charge in [-0.15, -0.1) is 0 Å². The van der Waals surface area contributed by atoms with Gasteiger partial charge in [-0.3, -0.25) is 9.59 Å². The Kier molecular flexibility index (Phi) is 5.01. The lowest BCUT2D eigenvalue weighted by Crippen LogP contribution is -2.50. The molecule has 0 N–H and O–H groups in total. The van der Waals surface area contributed by atoms with Gasteiger partial charge in [-0.05, 0) is 32.0 Å². The molecule has 3 rings (SSSR count). The summed E-state index contributed by atoms with van der Waals surface area (Å²) in [5.74, 6) is 0.230. The van der Waals surface area contributed by atoms with Crippen LogP contribution in [0, 0.1) is 13.8 Å². The summed E-state index contributed by atoms with van der Waals surface area (Å²) >= 11 is 12.0. The molecular weight excluding hydrogens is 365 g/mol. The van der Waals surface area contributed by atoms with Crippen LogP contribution in [0.5, 0.6) is 0 Å². The molecule has 6 nitrogen and oxygen atoms in total. The third kappa shape index (κ3) is 3.50. The number of carbonyl (C=O) groups is 2. The van der Waals surface area contributed by atoms with Gasteiger partial charge in [0.05, 0.1) is 16.3 Å². The van der Waals surface area contributed by atoms with Crippen molar-refractivity contribution in [1.82, 2.24) is 15.0 Å². The van der Waals surface area contributed by atoms with Gasteiger partial charge in [-0.2, -0.15) is 0 Å². The minimum atomic E-state index is -0.161. The average Bonchev–Trinajstić information content (AvgIpc) is 2.92. The van der Waals surface area contributed by atoms with E-state index in [0.29, 0.717) is 58.8 Å². The molecule has 0 atom stereocenters. The first-order valence-electron chi connectivity index (χ1n) is 7.85. The molecule has 0 aliphatic carbocycles. The van der Waals surface area contributed by atoms with Crippen molar-refractivity contribution >= 4 is 35.0 Å². The fourth-order valence-electron chi connectivity index (χ4n) is 2.89. The summed E-state index contributed by atoms with van der Waals surface area (Å²) in [7, 11) is 0. The number of aromatic nitrogens is 1. The maximum absolute atomic E-state index is 12.6. The molecule has 1 aromatic heterocycles. The highest BCUT2D eigenvalue weighted by Crippen LogP contribution is 2.23. The minimum absolute atomic E-state index is 0.118. The topological polar surface area (TPSA) is 66.7 Å². The lowest BCUT2D eigenvalue weighted by molar-refractivity contribution is 0.0534. The molecule has 2 amide bonds. The molecule has 132 valence electrons. The van der Waals surface area contributed by atoms with Gasteiger partial charge in [0.25, 0.3) is 11.8 Å². The van der Waals surface area contributed by atoms with Crippen molar-refractivity contribution in [2.45, 2.75) is 13.8 Å². The van der Waals surface area contributed by atoms with E-state index >= 15 is 0 Å². The van der Waals surface area contributed by atoms with Crippen molar-refractivity contribution in [2.75, 3.05) is 26.2 Å². The molecule has 1 saturated heterocycles. The lowest BCUT2D eigenvalue weighted by Gasteiger charge is -2.35. The molecule has 1 aromatic carbocycles. The van der Waals surface area contributed by atoms with E-state index in [0.717, 1.165) is 0 Å². The van der Waals surface area contributed by atoms with Crippen LogP contribution in [0.4, 0.5) is 0 Å². The van der Waals surface area contributed by atoms with Crippen LogP contribution in [0.25, 0.3) is 0 Å². The number of carbonyl (C=O) groups excluding carboxylic acids is 2. The van der Waals surface area contributed by atoms with Gasteiger partial charge < -0.3 is 14.3 Å². The highest BCUT2D eigenvalue weighted by atomic mass is 35.5. The zero-order valence-corrected chi connectivity index (χ0v) is 15.4. The first-order chi connectivity index (χ1) is 11.9. The quantitative estimate of drug-likeness (QED) is 0.800. The number of rotatable bonds is 2. The fourth-order valence-corrected chi connectivity index (χ4v) is 3.38. The monoisotopic (exact) mass is 381 g/mol. The highest BCUT2D eigenvalue weighted by Gasteiger charge is 2.29. The van der Waals surface area contributed by atoms with E-state index in [2.05, 4.69) is 5.16 Å². The Morgan fingerprint density at radius 3 is 2.16 bits per heavy atom. The summed E-state index contributed by atoms with van der Waals surface area (Å²) in [6.07, 6.45) is 0. The molecule has 2 heterocycles. The van der Waals surface area contributed by atoms with Crippen molar-refractivity contribution in [2.24, 2.45) is 0 Å². The maximum Gasteiger partial charge on any atom is 0.259 e.